The zero-order valence-electron chi connectivity index (χ0n) is 11.0. The maximum Gasteiger partial charge on any atom is 0.123 e. The average molecular weight is 235 g/mol. The van der Waals surface area contributed by atoms with Crippen LogP contribution in [0.15, 0.2) is 24.3 Å². The molecule has 0 aromatic heterocycles. The number of nitrogens with one attached hydrogen (secondary N) is 1. The Bertz CT molecular complexity index is 363. The predicted octanol–water partition coefficient (Wildman–Crippen LogP) is 3.49. The van der Waals surface area contributed by atoms with Crippen LogP contribution in [-0.4, -0.2) is 12.6 Å². The molecule has 1 saturated carbocycles. The van der Waals surface area contributed by atoms with E-state index in [0.717, 1.165) is 6.54 Å². The van der Waals surface area contributed by atoms with E-state index in [-0.39, 0.29) is 11.2 Å². The van der Waals surface area contributed by atoms with E-state index in [1.807, 2.05) is 12.1 Å². The summed E-state index contributed by atoms with van der Waals surface area (Å²) in [4.78, 5) is 0. The van der Waals surface area contributed by atoms with E-state index in [1.54, 1.807) is 12.1 Å². The van der Waals surface area contributed by atoms with Crippen LogP contribution in [0.3, 0.4) is 0 Å². The largest absolute Gasteiger partial charge is 0.314 e. The molecule has 0 radical (unpaired) electrons. The Morgan fingerprint density at radius 2 is 1.82 bits per heavy atom. The lowest BCUT2D eigenvalue weighted by molar-refractivity contribution is 0.141. The van der Waals surface area contributed by atoms with Crippen LogP contribution >= 0.6 is 0 Å². The number of benzene rings is 1. The highest BCUT2D eigenvalue weighted by atomic mass is 19.1. The molecule has 0 amide bonds. The SMILES string of the molecule is CCNC1CC(C(C)(C)c2ccc(F)cc2)C1. The number of hydrogen-bond donors (Lipinski definition) is 1. The van der Waals surface area contributed by atoms with Gasteiger partial charge in [0.05, 0.1) is 0 Å². The molecule has 1 aliphatic carbocycles. The Labute approximate surface area is 103 Å². The molecular weight excluding hydrogens is 213 g/mol. The van der Waals surface area contributed by atoms with Crippen molar-refractivity contribution in [3.63, 3.8) is 0 Å². The molecule has 1 nitrogen and oxygen atoms in total. The minimum absolute atomic E-state index is 0.149. The summed E-state index contributed by atoms with van der Waals surface area (Å²) in [6, 6.07) is 7.67. The molecule has 1 aromatic rings. The first-order valence-electron chi connectivity index (χ1n) is 6.53. The molecule has 0 saturated heterocycles. The topological polar surface area (TPSA) is 12.0 Å². The van der Waals surface area contributed by atoms with Crippen molar-refractivity contribution in [3.8, 4) is 0 Å². The van der Waals surface area contributed by atoms with Crippen molar-refractivity contribution >= 4 is 0 Å². The molecule has 94 valence electrons. The van der Waals surface area contributed by atoms with Gasteiger partial charge in [-0.05, 0) is 48.4 Å². The molecule has 17 heavy (non-hydrogen) atoms. The standard InChI is InChI=1S/C15H22FN/c1-4-17-14-9-12(10-14)15(2,3)11-5-7-13(16)8-6-11/h5-8,12,14,17H,4,9-10H2,1-3H3. The first-order valence-corrected chi connectivity index (χ1v) is 6.53. The van der Waals surface area contributed by atoms with Crippen LogP contribution in [0, 0.1) is 11.7 Å². The van der Waals surface area contributed by atoms with Gasteiger partial charge in [-0.15, -0.1) is 0 Å². The van der Waals surface area contributed by atoms with Gasteiger partial charge in [0.2, 0.25) is 0 Å². The zero-order chi connectivity index (χ0) is 12.5. The summed E-state index contributed by atoms with van der Waals surface area (Å²) >= 11 is 0. The van der Waals surface area contributed by atoms with Gasteiger partial charge in [-0.25, -0.2) is 4.39 Å². The monoisotopic (exact) mass is 235 g/mol. The lowest BCUT2D eigenvalue weighted by Gasteiger charge is -2.46. The molecule has 0 spiro atoms. The first kappa shape index (κ1) is 12.6. The maximum absolute atomic E-state index is 12.9. The molecule has 0 aliphatic heterocycles. The van der Waals surface area contributed by atoms with Crippen molar-refractivity contribution in [1.82, 2.24) is 5.32 Å². The van der Waals surface area contributed by atoms with Crippen molar-refractivity contribution in [2.75, 3.05) is 6.54 Å². The highest BCUT2D eigenvalue weighted by Gasteiger charge is 2.40. The summed E-state index contributed by atoms with van der Waals surface area (Å²) in [7, 11) is 0. The quantitative estimate of drug-likeness (QED) is 0.842. The second-order valence-electron chi connectivity index (χ2n) is 5.65. The molecule has 0 heterocycles. The van der Waals surface area contributed by atoms with Crippen molar-refractivity contribution in [2.45, 2.75) is 45.1 Å². The fourth-order valence-corrected chi connectivity index (χ4v) is 2.78. The van der Waals surface area contributed by atoms with E-state index in [9.17, 15) is 4.39 Å². The van der Waals surface area contributed by atoms with Crippen molar-refractivity contribution in [2.24, 2.45) is 5.92 Å². The Morgan fingerprint density at radius 3 is 2.35 bits per heavy atom. The van der Waals surface area contributed by atoms with Crippen LogP contribution in [0.1, 0.15) is 39.2 Å². The fourth-order valence-electron chi connectivity index (χ4n) is 2.78. The van der Waals surface area contributed by atoms with Gasteiger partial charge in [-0.1, -0.05) is 32.9 Å². The van der Waals surface area contributed by atoms with E-state index >= 15 is 0 Å². The van der Waals surface area contributed by atoms with E-state index < -0.39 is 0 Å². The number of hydrogen-bond acceptors (Lipinski definition) is 1. The van der Waals surface area contributed by atoms with Gasteiger partial charge in [-0.3, -0.25) is 0 Å². The smallest absolute Gasteiger partial charge is 0.123 e. The molecule has 1 aromatic carbocycles. The average Bonchev–Trinajstić information content (AvgIpc) is 2.23. The third kappa shape index (κ3) is 2.52. The lowest BCUT2D eigenvalue weighted by Crippen LogP contribution is -2.48. The Kier molecular flexibility index (Phi) is 3.53. The summed E-state index contributed by atoms with van der Waals surface area (Å²) in [6.45, 7) is 7.74. The molecular formula is C15H22FN. The maximum atomic E-state index is 12.9. The second-order valence-corrected chi connectivity index (χ2v) is 5.65. The minimum atomic E-state index is -0.149. The molecule has 1 fully saturated rings. The van der Waals surface area contributed by atoms with Gasteiger partial charge < -0.3 is 5.32 Å². The third-order valence-electron chi connectivity index (χ3n) is 4.24. The Hall–Kier alpha value is -0.890. The zero-order valence-corrected chi connectivity index (χ0v) is 11.0. The summed E-state index contributed by atoms with van der Waals surface area (Å²) in [5, 5.41) is 3.48. The summed E-state index contributed by atoms with van der Waals surface area (Å²) in [5.74, 6) is 0.556. The normalized spacial score (nSPS) is 24.5. The number of rotatable bonds is 4. The minimum Gasteiger partial charge on any atom is -0.314 e. The summed E-state index contributed by atoms with van der Waals surface area (Å²) in [6.07, 6.45) is 2.47. The van der Waals surface area contributed by atoms with E-state index in [0.29, 0.717) is 12.0 Å². The molecule has 1 N–H and O–H groups in total. The highest BCUT2D eigenvalue weighted by Crippen LogP contribution is 2.43. The van der Waals surface area contributed by atoms with Gasteiger partial charge in [0.25, 0.3) is 0 Å². The number of halogens is 1. The van der Waals surface area contributed by atoms with Gasteiger partial charge >= 0.3 is 0 Å². The first-order chi connectivity index (χ1) is 8.04. The van der Waals surface area contributed by atoms with Gasteiger partial charge in [0.1, 0.15) is 5.82 Å². The van der Waals surface area contributed by atoms with Crippen LogP contribution in [0.25, 0.3) is 0 Å². The van der Waals surface area contributed by atoms with Gasteiger partial charge in [0, 0.05) is 6.04 Å². The molecule has 0 unspecified atom stereocenters. The van der Waals surface area contributed by atoms with Crippen LogP contribution in [0.4, 0.5) is 4.39 Å². The summed E-state index contributed by atoms with van der Waals surface area (Å²) in [5.41, 5.74) is 1.40. The third-order valence-corrected chi connectivity index (χ3v) is 4.24. The molecule has 2 heteroatoms. The van der Waals surface area contributed by atoms with E-state index in [1.165, 1.54) is 18.4 Å². The Morgan fingerprint density at radius 1 is 1.24 bits per heavy atom. The van der Waals surface area contributed by atoms with Gasteiger partial charge in [-0.2, -0.15) is 0 Å². The Balaban J connectivity index is 2.02. The second kappa shape index (κ2) is 4.77. The fraction of sp³-hybridized carbons (Fsp3) is 0.600. The van der Waals surface area contributed by atoms with Crippen LogP contribution in [0.2, 0.25) is 0 Å². The van der Waals surface area contributed by atoms with E-state index in [2.05, 4.69) is 26.1 Å². The van der Waals surface area contributed by atoms with Crippen molar-refractivity contribution in [3.05, 3.63) is 35.6 Å². The molecule has 1 aliphatic rings. The van der Waals surface area contributed by atoms with Crippen LogP contribution in [-0.2, 0) is 5.41 Å². The summed E-state index contributed by atoms with van der Waals surface area (Å²) < 4.78 is 12.9. The van der Waals surface area contributed by atoms with Gasteiger partial charge in [0.15, 0.2) is 0 Å². The van der Waals surface area contributed by atoms with Crippen LogP contribution < -0.4 is 5.32 Å². The lowest BCUT2D eigenvalue weighted by atomic mass is 9.62. The molecule has 0 bridgehead atoms. The van der Waals surface area contributed by atoms with Crippen molar-refractivity contribution in [1.29, 1.82) is 0 Å². The molecule has 2 rings (SSSR count). The predicted molar refractivity (Wildman–Crippen MR) is 69.6 cm³/mol. The van der Waals surface area contributed by atoms with E-state index in [4.69, 9.17) is 0 Å². The van der Waals surface area contributed by atoms with Crippen molar-refractivity contribution < 1.29 is 4.39 Å². The van der Waals surface area contributed by atoms with Crippen LogP contribution in [0.5, 0.6) is 0 Å². The molecule has 0 atom stereocenters. The highest BCUT2D eigenvalue weighted by molar-refractivity contribution is 5.26.